The van der Waals surface area contributed by atoms with E-state index in [1.165, 1.54) is 58.2 Å². The van der Waals surface area contributed by atoms with E-state index in [9.17, 15) is 0 Å². The molecule has 0 radical (unpaired) electrons. The maximum Gasteiger partial charge on any atom is 0.143 e. The van der Waals surface area contributed by atoms with Crippen LogP contribution in [0.25, 0.3) is 96.7 Å². The highest BCUT2D eigenvalue weighted by molar-refractivity contribution is 7.26. The number of hydrogen-bond donors (Lipinski definition) is 0. The zero-order valence-electron chi connectivity index (χ0n) is 30.8. The summed E-state index contributed by atoms with van der Waals surface area (Å²) in [6.45, 7) is 0. The molecule has 0 aliphatic rings. The molecule has 0 unspecified atom stereocenters. The number of hydrogen-bond acceptors (Lipinski definition) is 3. The van der Waals surface area contributed by atoms with Crippen molar-refractivity contribution in [2.24, 2.45) is 0 Å². The SMILES string of the molecule is c1ccc(N(c2ccc(-c3cc4ccccc4c4ccccc34)cc2)c2cccc3c2sc2ccccc23)c(-c2cccc3oc4c5ccccc5ccc4c23)c1. The van der Waals surface area contributed by atoms with Crippen LogP contribution in [0.2, 0.25) is 0 Å². The monoisotopic (exact) mass is 743 g/mol. The first-order valence-corrected chi connectivity index (χ1v) is 20.2. The number of fused-ring (bicyclic) bond motifs is 11. The van der Waals surface area contributed by atoms with Gasteiger partial charge in [0.1, 0.15) is 11.2 Å². The van der Waals surface area contributed by atoms with Crippen molar-refractivity contribution in [3.63, 3.8) is 0 Å². The Kier molecular flexibility index (Phi) is 7.13. The van der Waals surface area contributed by atoms with Crippen LogP contribution in [0.15, 0.2) is 205 Å². The molecular formula is C54H33NOS. The third-order valence-corrected chi connectivity index (χ3v) is 12.9. The number of thiophene rings is 1. The number of rotatable bonds is 5. The van der Waals surface area contributed by atoms with Crippen LogP contribution in [-0.2, 0) is 0 Å². The largest absolute Gasteiger partial charge is 0.455 e. The Morgan fingerprint density at radius 2 is 1.04 bits per heavy atom. The van der Waals surface area contributed by atoms with Gasteiger partial charge >= 0.3 is 0 Å². The molecule has 2 nitrogen and oxygen atoms in total. The fourth-order valence-electron chi connectivity index (χ4n) is 9.07. The molecule has 0 aliphatic heterocycles. The molecule has 0 saturated heterocycles. The summed E-state index contributed by atoms with van der Waals surface area (Å²) in [4.78, 5) is 2.46. The van der Waals surface area contributed by atoms with Crippen molar-refractivity contribution in [1.82, 2.24) is 0 Å². The van der Waals surface area contributed by atoms with Crippen molar-refractivity contribution in [1.29, 1.82) is 0 Å². The van der Waals surface area contributed by atoms with Crippen LogP contribution in [-0.4, -0.2) is 0 Å². The summed E-state index contributed by atoms with van der Waals surface area (Å²) in [5, 5.41) is 12.2. The number of anilines is 3. The molecule has 0 bridgehead atoms. The highest BCUT2D eigenvalue weighted by atomic mass is 32.1. The van der Waals surface area contributed by atoms with Gasteiger partial charge in [-0.1, -0.05) is 152 Å². The number of benzene rings is 10. The van der Waals surface area contributed by atoms with E-state index in [1.54, 1.807) is 0 Å². The van der Waals surface area contributed by atoms with Gasteiger partial charge < -0.3 is 9.32 Å². The van der Waals surface area contributed by atoms with E-state index in [-0.39, 0.29) is 0 Å². The normalized spacial score (nSPS) is 11.9. The lowest BCUT2D eigenvalue weighted by Crippen LogP contribution is -2.11. The van der Waals surface area contributed by atoms with Crippen molar-refractivity contribution in [2.75, 3.05) is 4.90 Å². The number of furan rings is 1. The summed E-state index contributed by atoms with van der Waals surface area (Å²) in [6, 6.07) is 72.7. The van der Waals surface area contributed by atoms with Gasteiger partial charge in [0.25, 0.3) is 0 Å². The minimum atomic E-state index is 0.888. The van der Waals surface area contributed by atoms with E-state index in [0.717, 1.165) is 55.5 Å². The topological polar surface area (TPSA) is 16.4 Å². The Hall–Kier alpha value is -7.20. The molecule has 12 rings (SSSR count). The van der Waals surface area contributed by atoms with Crippen LogP contribution in [0, 0.1) is 0 Å². The lowest BCUT2D eigenvalue weighted by Gasteiger charge is -2.28. The number of para-hydroxylation sites is 1. The molecule has 0 fully saturated rings. The molecule has 12 aromatic rings. The van der Waals surface area contributed by atoms with Gasteiger partial charge in [-0.2, -0.15) is 0 Å². The summed E-state index contributed by atoms with van der Waals surface area (Å²) >= 11 is 1.86. The standard InChI is InChI=1S/C54H33NOS/c1-4-16-39-34(13-1)29-32-46-52-44(21-12-25-50(52)56-53(39)46)42-19-7-9-23-48(42)55(49-24-11-22-45-43-20-8-10-26-51(43)57-54(45)49)37-30-27-35(28-31-37)47-33-36-14-2-3-15-38(36)40-17-5-6-18-41(40)47/h1-33H. The Morgan fingerprint density at radius 3 is 1.91 bits per heavy atom. The van der Waals surface area contributed by atoms with Gasteiger partial charge in [0, 0.05) is 42.9 Å². The first-order valence-electron chi connectivity index (χ1n) is 19.4. The van der Waals surface area contributed by atoms with Crippen LogP contribution >= 0.6 is 11.3 Å². The fraction of sp³-hybridized carbons (Fsp3) is 0. The molecule has 0 atom stereocenters. The predicted molar refractivity (Wildman–Crippen MR) is 245 cm³/mol. The second-order valence-corrected chi connectivity index (χ2v) is 15.8. The molecule has 0 saturated carbocycles. The van der Waals surface area contributed by atoms with Gasteiger partial charge in [-0.15, -0.1) is 11.3 Å². The maximum atomic E-state index is 6.69. The molecule has 10 aromatic carbocycles. The van der Waals surface area contributed by atoms with Gasteiger partial charge in [0.15, 0.2) is 0 Å². The lowest BCUT2D eigenvalue weighted by atomic mass is 9.93. The van der Waals surface area contributed by atoms with Gasteiger partial charge in [0.05, 0.1) is 16.1 Å². The Balaban J connectivity index is 1.10. The Morgan fingerprint density at radius 1 is 0.386 bits per heavy atom. The van der Waals surface area contributed by atoms with Crippen LogP contribution in [0.1, 0.15) is 0 Å². The fourth-order valence-corrected chi connectivity index (χ4v) is 10.3. The van der Waals surface area contributed by atoms with E-state index >= 15 is 0 Å². The van der Waals surface area contributed by atoms with E-state index in [2.05, 4.69) is 205 Å². The molecule has 266 valence electrons. The summed E-state index contributed by atoms with van der Waals surface area (Å²) < 4.78 is 9.24. The molecule has 2 aromatic heterocycles. The Bertz CT molecular complexity index is 3540. The summed E-state index contributed by atoms with van der Waals surface area (Å²) in [5.74, 6) is 0. The average Bonchev–Trinajstić information content (AvgIpc) is 3.86. The minimum absolute atomic E-state index is 0.888. The molecular weight excluding hydrogens is 711 g/mol. The van der Waals surface area contributed by atoms with Crippen LogP contribution in [0.4, 0.5) is 17.1 Å². The summed E-state index contributed by atoms with van der Waals surface area (Å²) in [6.07, 6.45) is 0. The quantitative estimate of drug-likeness (QED) is 0.163. The first-order chi connectivity index (χ1) is 28.3. The third kappa shape index (κ3) is 4.96. The Labute approximate surface area is 333 Å². The molecule has 0 spiro atoms. The van der Waals surface area contributed by atoms with Crippen molar-refractivity contribution in [3.05, 3.63) is 200 Å². The highest BCUT2D eigenvalue weighted by Gasteiger charge is 2.23. The average molecular weight is 744 g/mol. The van der Waals surface area contributed by atoms with Gasteiger partial charge in [0.2, 0.25) is 0 Å². The van der Waals surface area contributed by atoms with E-state index in [4.69, 9.17) is 4.42 Å². The zero-order chi connectivity index (χ0) is 37.5. The van der Waals surface area contributed by atoms with Crippen LogP contribution < -0.4 is 4.90 Å². The molecule has 0 aliphatic carbocycles. The van der Waals surface area contributed by atoms with Crippen molar-refractivity contribution < 1.29 is 4.42 Å². The first kappa shape index (κ1) is 32.1. The van der Waals surface area contributed by atoms with E-state index < -0.39 is 0 Å². The van der Waals surface area contributed by atoms with Crippen molar-refractivity contribution in [2.45, 2.75) is 0 Å². The van der Waals surface area contributed by atoms with Gasteiger partial charge in [-0.3, -0.25) is 0 Å². The zero-order valence-corrected chi connectivity index (χ0v) is 31.6. The second kappa shape index (κ2) is 12.7. The van der Waals surface area contributed by atoms with Crippen molar-refractivity contribution >= 4 is 103 Å². The van der Waals surface area contributed by atoms with Gasteiger partial charge in [-0.25, -0.2) is 0 Å². The summed E-state index contributed by atoms with van der Waals surface area (Å²) in [7, 11) is 0. The lowest BCUT2D eigenvalue weighted by molar-refractivity contribution is 0.673. The molecule has 57 heavy (non-hydrogen) atoms. The molecule has 0 N–H and O–H groups in total. The van der Waals surface area contributed by atoms with Crippen LogP contribution in [0.5, 0.6) is 0 Å². The van der Waals surface area contributed by atoms with E-state index in [0.29, 0.717) is 0 Å². The highest BCUT2D eigenvalue weighted by Crippen LogP contribution is 2.49. The van der Waals surface area contributed by atoms with Gasteiger partial charge in [-0.05, 0) is 92.2 Å². The van der Waals surface area contributed by atoms with E-state index in [1.807, 2.05) is 11.3 Å². The molecule has 0 amide bonds. The van der Waals surface area contributed by atoms with Crippen molar-refractivity contribution in [3.8, 4) is 22.3 Å². The predicted octanol–water partition coefficient (Wildman–Crippen LogP) is 16.2. The number of nitrogens with zero attached hydrogens (tertiary/aromatic N) is 1. The maximum absolute atomic E-state index is 6.69. The summed E-state index contributed by atoms with van der Waals surface area (Å²) in [5.41, 5.74) is 9.88. The minimum Gasteiger partial charge on any atom is -0.455 e. The smallest absolute Gasteiger partial charge is 0.143 e. The molecule has 2 heterocycles. The second-order valence-electron chi connectivity index (χ2n) is 14.8. The third-order valence-electron chi connectivity index (χ3n) is 11.7. The molecule has 3 heteroatoms. The van der Waals surface area contributed by atoms with Crippen LogP contribution in [0.3, 0.4) is 0 Å².